The number of esters is 2. The van der Waals surface area contributed by atoms with Crippen molar-refractivity contribution in [2.24, 2.45) is 0 Å². The lowest BCUT2D eigenvalue weighted by Gasteiger charge is -2.33. The smallest absolute Gasteiger partial charge is 0.350 e. The minimum atomic E-state index is -2.40. The summed E-state index contributed by atoms with van der Waals surface area (Å²) >= 11 is 0. The number of methoxy groups -OCH3 is 2. The maximum absolute atomic E-state index is 13.3. The lowest BCUT2D eigenvalue weighted by molar-refractivity contribution is -0.187. The molecule has 3 atom stereocenters. The molecule has 0 bridgehead atoms. The van der Waals surface area contributed by atoms with E-state index in [1.807, 2.05) is 12.1 Å². The van der Waals surface area contributed by atoms with Gasteiger partial charge in [-0.15, -0.1) is 0 Å². The van der Waals surface area contributed by atoms with E-state index in [-0.39, 0.29) is 19.1 Å². The highest BCUT2D eigenvalue weighted by Crippen LogP contribution is 2.41. The summed E-state index contributed by atoms with van der Waals surface area (Å²) in [5, 5.41) is 11.0. The zero-order chi connectivity index (χ0) is 25.6. The topological polar surface area (TPSA) is 104 Å². The second-order valence-corrected chi connectivity index (χ2v) is 8.88. The SMILES string of the molecule is C/C=C(/OC)C(OC(=O)C(O)(CCC)C(=O)OC)C1CN(CCC)CCc2cc3c(cc21)OCO3. The fraction of sp³-hybridized carbons (Fsp3) is 0.615. The van der Waals surface area contributed by atoms with Crippen LogP contribution < -0.4 is 9.47 Å². The van der Waals surface area contributed by atoms with E-state index in [0.717, 1.165) is 44.2 Å². The molecule has 3 rings (SSSR count). The summed E-state index contributed by atoms with van der Waals surface area (Å²) in [5.41, 5.74) is -0.374. The number of fused-ring (bicyclic) bond motifs is 2. The van der Waals surface area contributed by atoms with Gasteiger partial charge in [-0.1, -0.05) is 20.3 Å². The van der Waals surface area contributed by atoms with Gasteiger partial charge >= 0.3 is 11.9 Å². The van der Waals surface area contributed by atoms with Gasteiger partial charge in [-0.05, 0) is 62.1 Å². The summed E-state index contributed by atoms with van der Waals surface area (Å²) in [5.74, 6) is -0.678. The first-order chi connectivity index (χ1) is 16.8. The average Bonchev–Trinajstić information content (AvgIpc) is 3.24. The molecule has 0 spiro atoms. The van der Waals surface area contributed by atoms with Gasteiger partial charge in [-0.3, -0.25) is 0 Å². The van der Waals surface area contributed by atoms with E-state index in [4.69, 9.17) is 23.7 Å². The maximum atomic E-state index is 13.3. The van der Waals surface area contributed by atoms with Crippen LogP contribution in [0.15, 0.2) is 24.0 Å². The van der Waals surface area contributed by atoms with Gasteiger partial charge in [0.15, 0.2) is 17.6 Å². The van der Waals surface area contributed by atoms with E-state index < -0.39 is 23.6 Å². The number of hydrogen-bond acceptors (Lipinski definition) is 9. The average molecular weight is 492 g/mol. The molecule has 0 fully saturated rings. The molecule has 1 aromatic rings. The van der Waals surface area contributed by atoms with E-state index in [9.17, 15) is 14.7 Å². The van der Waals surface area contributed by atoms with Crippen LogP contribution >= 0.6 is 0 Å². The Labute approximate surface area is 206 Å². The Balaban J connectivity index is 2.07. The van der Waals surface area contributed by atoms with Gasteiger partial charge in [-0.2, -0.15) is 0 Å². The number of rotatable bonds is 10. The lowest BCUT2D eigenvalue weighted by atomic mass is 9.87. The monoisotopic (exact) mass is 491 g/mol. The fourth-order valence-corrected chi connectivity index (χ4v) is 4.85. The molecule has 35 heavy (non-hydrogen) atoms. The highest BCUT2D eigenvalue weighted by Gasteiger charge is 2.48. The molecule has 2 aliphatic rings. The minimum Gasteiger partial charge on any atom is -0.497 e. The molecule has 9 nitrogen and oxygen atoms in total. The number of nitrogens with zero attached hydrogens (tertiary/aromatic N) is 1. The summed E-state index contributed by atoms with van der Waals surface area (Å²) in [7, 11) is 2.64. The molecule has 1 N–H and O–H groups in total. The Hall–Kier alpha value is -2.78. The van der Waals surface area contributed by atoms with Gasteiger partial charge < -0.3 is 33.7 Å². The number of carbonyl (C=O) groups is 2. The highest BCUT2D eigenvalue weighted by atomic mass is 16.7. The van der Waals surface area contributed by atoms with Crippen LogP contribution in [-0.2, 0) is 30.2 Å². The fourth-order valence-electron chi connectivity index (χ4n) is 4.85. The molecule has 0 radical (unpaired) electrons. The van der Waals surface area contributed by atoms with Crippen molar-refractivity contribution in [3.63, 3.8) is 0 Å². The molecule has 0 saturated heterocycles. The van der Waals surface area contributed by atoms with E-state index in [2.05, 4.69) is 11.8 Å². The van der Waals surface area contributed by atoms with Crippen molar-refractivity contribution in [1.82, 2.24) is 4.90 Å². The maximum Gasteiger partial charge on any atom is 0.350 e. The normalized spacial score (nSPS) is 20.3. The number of allylic oxidation sites excluding steroid dienone is 1. The second kappa shape index (κ2) is 11.8. The number of ether oxygens (including phenoxy) is 5. The summed E-state index contributed by atoms with van der Waals surface area (Å²) in [6, 6.07) is 3.93. The Morgan fingerprint density at radius 1 is 1.17 bits per heavy atom. The Morgan fingerprint density at radius 2 is 1.89 bits per heavy atom. The predicted octanol–water partition coefficient (Wildman–Crippen LogP) is 2.93. The lowest BCUT2D eigenvalue weighted by Crippen LogP contribution is -2.50. The number of benzene rings is 1. The van der Waals surface area contributed by atoms with Crippen molar-refractivity contribution >= 4 is 11.9 Å². The third-order valence-corrected chi connectivity index (χ3v) is 6.60. The molecule has 1 aromatic carbocycles. The van der Waals surface area contributed by atoms with E-state index in [0.29, 0.717) is 30.2 Å². The summed E-state index contributed by atoms with van der Waals surface area (Å²) in [4.78, 5) is 28.0. The first-order valence-electron chi connectivity index (χ1n) is 12.2. The van der Waals surface area contributed by atoms with E-state index in [1.165, 1.54) is 7.11 Å². The molecule has 0 saturated carbocycles. The van der Waals surface area contributed by atoms with Crippen molar-refractivity contribution in [2.75, 3.05) is 40.6 Å². The molecule has 9 heteroatoms. The molecule has 0 amide bonds. The van der Waals surface area contributed by atoms with Gasteiger partial charge in [0.2, 0.25) is 6.79 Å². The van der Waals surface area contributed by atoms with Gasteiger partial charge in [-0.25, -0.2) is 9.59 Å². The van der Waals surface area contributed by atoms with Crippen molar-refractivity contribution < 1.29 is 38.4 Å². The Bertz CT molecular complexity index is 946. The summed E-state index contributed by atoms with van der Waals surface area (Å²) in [6.45, 7) is 8.12. The molecule has 3 unspecified atom stereocenters. The number of hydrogen-bond donors (Lipinski definition) is 1. The van der Waals surface area contributed by atoms with Gasteiger partial charge in [0, 0.05) is 19.0 Å². The largest absolute Gasteiger partial charge is 0.497 e. The zero-order valence-corrected chi connectivity index (χ0v) is 21.3. The zero-order valence-electron chi connectivity index (χ0n) is 21.3. The Morgan fingerprint density at radius 3 is 2.49 bits per heavy atom. The van der Waals surface area contributed by atoms with E-state index in [1.54, 1.807) is 19.9 Å². The van der Waals surface area contributed by atoms with Crippen molar-refractivity contribution in [3.05, 3.63) is 35.1 Å². The molecular formula is C26H37NO8. The quantitative estimate of drug-likeness (QED) is 0.301. The van der Waals surface area contributed by atoms with Crippen LogP contribution in [0.25, 0.3) is 0 Å². The number of carbonyl (C=O) groups excluding carboxylic acids is 2. The molecular weight excluding hydrogens is 454 g/mol. The van der Waals surface area contributed by atoms with Crippen LogP contribution in [0.2, 0.25) is 0 Å². The van der Waals surface area contributed by atoms with Crippen LogP contribution in [0.4, 0.5) is 0 Å². The molecule has 0 aliphatic carbocycles. The van der Waals surface area contributed by atoms with Crippen molar-refractivity contribution in [1.29, 1.82) is 0 Å². The summed E-state index contributed by atoms with van der Waals surface area (Å²) < 4.78 is 27.6. The minimum absolute atomic E-state index is 0.120. The highest BCUT2D eigenvalue weighted by molar-refractivity contribution is 6.03. The van der Waals surface area contributed by atoms with Gasteiger partial charge in [0.05, 0.1) is 14.2 Å². The summed E-state index contributed by atoms with van der Waals surface area (Å²) in [6.07, 6.45) is 2.87. The van der Waals surface area contributed by atoms with E-state index >= 15 is 0 Å². The third-order valence-electron chi connectivity index (χ3n) is 6.60. The van der Waals surface area contributed by atoms with Gasteiger partial charge in [0.1, 0.15) is 5.76 Å². The molecule has 2 heterocycles. The van der Waals surface area contributed by atoms with Crippen LogP contribution in [-0.4, -0.2) is 74.3 Å². The first-order valence-corrected chi connectivity index (χ1v) is 12.2. The standard InChI is InChI=1S/C26H37NO8/c1-6-10-26(30,24(28)32-5)25(29)35-23(20(8-3)31-4)19-15-27(11-7-2)12-9-17-13-21-22(14-18(17)19)34-16-33-21/h8,13-14,19,23,30H,6-7,9-12,15-16H2,1-5H3/b20-8+. The Kier molecular flexibility index (Phi) is 9.02. The van der Waals surface area contributed by atoms with Crippen LogP contribution in [0, 0.1) is 0 Å². The first kappa shape index (κ1) is 26.8. The van der Waals surface area contributed by atoms with Crippen molar-refractivity contribution in [3.8, 4) is 11.5 Å². The van der Waals surface area contributed by atoms with Crippen molar-refractivity contribution in [2.45, 2.75) is 64.1 Å². The molecule has 194 valence electrons. The predicted molar refractivity (Wildman–Crippen MR) is 128 cm³/mol. The van der Waals surface area contributed by atoms with Gasteiger partial charge in [0.25, 0.3) is 5.60 Å². The van der Waals surface area contributed by atoms with Crippen LogP contribution in [0.5, 0.6) is 11.5 Å². The third kappa shape index (κ3) is 5.56. The van der Waals surface area contributed by atoms with Crippen LogP contribution in [0.1, 0.15) is 57.1 Å². The number of aliphatic hydroxyl groups is 1. The van der Waals surface area contributed by atoms with Crippen LogP contribution in [0.3, 0.4) is 0 Å². The molecule has 2 aliphatic heterocycles. The molecule has 0 aromatic heterocycles. The second-order valence-electron chi connectivity index (χ2n) is 8.88.